The van der Waals surface area contributed by atoms with Gasteiger partial charge in [-0.2, -0.15) is 19.0 Å². The van der Waals surface area contributed by atoms with E-state index in [0.29, 0.717) is 24.8 Å². The Bertz CT molecular complexity index is 1500. The minimum atomic E-state index is -3.10. The van der Waals surface area contributed by atoms with E-state index in [4.69, 9.17) is 16.3 Å². The molecule has 1 aliphatic rings. The number of carbonyl (C=O) groups is 2. The van der Waals surface area contributed by atoms with Crippen LogP contribution in [-0.4, -0.2) is 73.9 Å². The number of hydrogen-bond donors (Lipinski definition) is 2. The van der Waals surface area contributed by atoms with Crippen LogP contribution in [0, 0.1) is 0 Å². The van der Waals surface area contributed by atoms with Crippen molar-refractivity contribution in [3.8, 4) is 17.0 Å². The van der Waals surface area contributed by atoms with Crippen LogP contribution in [0.5, 0.6) is 5.75 Å². The first-order valence-electron chi connectivity index (χ1n) is 12.2. The number of aromatic nitrogens is 5. The molecule has 39 heavy (non-hydrogen) atoms. The molecule has 4 aromatic rings. The Morgan fingerprint density at radius 3 is 2.79 bits per heavy atom. The summed E-state index contributed by atoms with van der Waals surface area (Å²) in [4.78, 5) is 32.2. The molecule has 2 N–H and O–H groups in total. The predicted molar refractivity (Wildman–Crippen MR) is 139 cm³/mol. The van der Waals surface area contributed by atoms with Gasteiger partial charge in [-0.25, -0.2) is 9.50 Å². The van der Waals surface area contributed by atoms with Crippen LogP contribution < -0.4 is 15.4 Å². The Hall–Kier alpha value is -4.10. The summed E-state index contributed by atoms with van der Waals surface area (Å²) in [5, 5.41) is 14.8. The van der Waals surface area contributed by atoms with Crippen molar-refractivity contribution in [2.24, 2.45) is 0 Å². The van der Waals surface area contributed by atoms with Gasteiger partial charge in [0.05, 0.1) is 11.9 Å². The third-order valence-electron chi connectivity index (χ3n) is 6.50. The van der Waals surface area contributed by atoms with Crippen molar-refractivity contribution >= 4 is 34.7 Å². The summed E-state index contributed by atoms with van der Waals surface area (Å²) in [6.07, 6.45) is 7.68. The number of halogens is 3. The molecule has 2 amide bonds. The minimum Gasteiger partial charge on any atom is -0.434 e. The highest BCUT2D eigenvalue weighted by molar-refractivity contribution is 6.31. The van der Waals surface area contributed by atoms with Gasteiger partial charge in [-0.15, -0.1) is 0 Å². The molecule has 5 rings (SSSR count). The molecule has 0 bridgehead atoms. The summed E-state index contributed by atoms with van der Waals surface area (Å²) in [7, 11) is 1.90. The van der Waals surface area contributed by atoms with E-state index in [1.807, 2.05) is 7.05 Å². The predicted octanol–water partition coefficient (Wildman–Crippen LogP) is 3.31. The van der Waals surface area contributed by atoms with Gasteiger partial charge < -0.3 is 20.3 Å². The maximum absolute atomic E-state index is 13.2. The molecule has 3 aromatic heterocycles. The number of benzene rings is 1. The van der Waals surface area contributed by atoms with E-state index in [2.05, 4.69) is 25.8 Å². The number of rotatable bonds is 8. The Labute approximate surface area is 226 Å². The lowest BCUT2D eigenvalue weighted by Crippen LogP contribution is -2.45. The zero-order valence-electron chi connectivity index (χ0n) is 20.9. The van der Waals surface area contributed by atoms with E-state index in [0.717, 1.165) is 12.8 Å². The molecular weight excluding hydrogens is 534 g/mol. The first-order chi connectivity index (χ1) is 18.8. The zero-order valence-corrected chi connectivity index (χ0v) is 21.6. The second kappa shape index (κ2) is 11.3. The number of hydrogen-bond acceptors (Lipinski definition) is 7. The number of alkyl halides is 2. The van der Waals surface area contributed by atoms with E-state index < -0.39 is 12.5 Å². The van der Waals surface area contributed by atoms with E-state index in [1.165, 1.54) is 46.0 Å². The number of piperidine rings is 1. The molecule has 1 fully saturated rings. The number of amides is 2. The quantitative estimate of drug-likeness (QED) is 0.340. The summed E-state index contributed by atoms with van der Waals surface area (Å²) in [6.45, 7) is -2.01. The number of likely N-dealkylation sites (tertiary alicyclic amines) is 1. The molecule has 0 atom stereocenters. The number of ether oxygens (including phenoxy) is 1. The Morgan fingerprint density at radius 1 is 1.26 bits per heavy atom. The molecule has 1 saturated heterocycles. The fourth-order valence-electron chi connectivity index (χ4n) is 4.51. The molecule has 1 aromatic carbocycles. The van der Waals surface area contributed by atoms with E-state index in [9.17, 15) is 18.4 Å². The first-order valence-corrected chi connectivity index (χ1v) is 12.6. The van der Waals surface area contributed by atoms with Crippen LogP contribution in [0.25, 0.3) is 16.9 Å². The van der Waals surface area contributed by atoms with Crippen molar-refractivity contribution in [2.75, 3.05) is 25.5 Å². The maximum Gasteiger partial charge on any atom is 0.387 e. The second-order valence-electron chi connectivity index (χ2n) is 8.95. The smallest absolute Gasteiger partial charge is 0.387 e. The fourth-order valence-corrected chi connectivity index (χ4v) is 4.68. The summed E-state index contributed by atoms with van der Waals surface area (Å²) < 4.78 is 33.9. The largest absolute Gasteiger partial charge is 0.434 e. The van der Waals surface area contributed by atoms with Gasteiger partial charge in [0.25, 0.3) is 5.91 Å². The molecule has 14 heteroatoms. The molecule has 0 unspecified atom stereocenters. The Balaban J connectivity index is 1.48. The van der Waals surface area contributed by atoms with E-state index in [-0.39, 0.29) is 45.7 Å². The van der Waals surface area contributed by atoms with Crippen molar-refractivity contribution < 1.29 is 23.1 Å². The summed E-state index contributed by atoms with van der Waals surface area (Å²) in [5.41, 5.74) is 0.907. The summed E-state index contributed by atoms with van der Waals surface area (Å²) >= 11 is 6.17. The minimum absolute atomic E-state index is 0.104. The molecule has 0 aliphatic carbocycles. The molecular formula is C25H25ClF2N8O3. The second-order valence-corrected chi connectivity index (χ2v) is 9.39. The van der Waals surface area contributed by atoms with Crippen molar-refractivity contribution in [1.29, 1.82) is 0 Å². The fraction of sp³-hybridized carbons (Fsp3) is 0.320. The van der Waals surface area contributed by atoms with Gasteiger partial charge in [-0.3, -0.25) is 14.3 Å². The molecule has 1 aliphatic heterocycles. The highest BCUT2D eigenvalue weighted by Crippen LogP contribution is 2.37. The Kier molecular flexibility index (Phi) is 7.70. The van der Waals surface area contributed by atoms with Gasteiger partial charge in [0.1, 0.15) is 23.6 Å². The number of fused-ring (bicyclic) bond motifs is 1. The van der Waals surface area contributed by atoms with Crippen LogP contribution in [0.15, 0.2) is 49.1 Å². The molecule has 0 radical (unpaired) electrons. The van der Waals surface area contributed by atoms with Crippen LogP contribution in [0.2, 0.25) is 5.02 Å². The first kappa shape index (κ1) is 26.5. The third-order valence-corrected chi connectivity index (χ3v) is 6.73. The lowest BCUT2D eigenvalue weighted by molar-refractivity contribution is -0.133. The molecule has 0 spiro atoms. The molecule has 204 valence electrons. The molecule has 4 heterocycles. The van der Waals surface area contributed by atoms with Gasteiger partial charge in [-0.1, -0.05) is 11.6 Å². The van der Waals surface area contributed by atoms with E-state index >= 15 is 0 Å². The van der Waals surface area contributed by atoms with Crippen molar-refractivity contribution in [1.82, 2.24) is 34.6 Å². The number of anilines is 1. The standard InChI is InChI=1S/C25H25ClF2N8O3/c1-29-16-5-9-34(10-6-16)21(37)14-35-13-19(32-24(38)18-12-31-36-8-2-7-30-23(18)36)22(33-35)17-11-15(26)3-4-20(17)39-25(27)28/h2-4,7-8,11-13,16,25,29H,5-6,9-10,14H2,1H3,(H,32,38). The lowest BCUT2D eigenvalue weighted by Gasteiger charge is -2.31. The zero-order chi connectivity index (χ0) is 27.5. The van der Waals surface area contributed by atoms with Crippen LogP contribution in [-0.2, 0) is 11.3 Å². The monoisotopic (exact) mass is 558 g/mol. The number of carbonyl (C=O) groups excluding carboxylic acids is 2. The topological polar surface area (TPSA) is 119 Å². The Morgan fingerprint density at radius 2 is 2.05 bits per heavy atom. The average molecular weight is 559 g/mol. The van der Waals surface area contributed by atoms with Crippen molar-refractivity contribution in [3.63, 3.8) is 0 Å². The lowest BCUT2D eigenvalue weighted by atomic mass is 10.1. The summed E-state index contributed by atoms with van der Waals surface area (Å²) in [5.74, 6) is -0.893. The van der Waals surface area contributed by atoms with Crippen LogP contribution in [0.4, 0.5) is 14.5 Å². The van der Waals surface area contributed by atoms with Crippen molar-refractivity contribution in [3.05, 3.63) is 59.6 Å². The van der Waals surface area contributed by atoms with Gasteiger partial charge in [0.15, 0.2) is 5.65 Å². The van der Waals surface area contributed by atoms with Gasteiger partial charge in [0.2, 0.25) is 5.91 Å². The van der Waals surface area contributed by atoms with Crippen LogP contribution in [0.3, 0.4) is 0 Å². The molecule has 11 nitrogen and oxygen atoms in total. The van der Waals surface area contributed by atoms with Crippen molar-refractivity contribution in [2.45, 2.75) is 32.0 Å². The van der Waals surface area contributed by atoms with Gasteiger partial charge in [0, 0.05) is 48.3 Å². The molecule has 0 saturated carbocycles. The van der Waals surface area contributed by atoms with Crippen LogP contribution in [0.1, 0.15) is 23.2 Å². The third kappa shape index (κ3) is 5.83. The average Bonchev–Trinajstić information content (AvgIpc) is 3.53. The number of nitrogens with one attached hydrogen (secondary N) is 2. The highest BCUT2D eigenvalue weighted by atomic mass is 35.5. The van der Waals surface area contributed by atoms with Gasteiger partial charge >= 0.3 is 6.61 Å². The number of nitrogens with zero attached hydrogens (tertiary/aromatic N) is 6. The van der Waals surface area contributed by atoms with Gasteiger partial charge in [-0.05, 0) is 44.2 Å². The SMILES string of the molecule is CNC1CCN(C(=O)Cn2cc(NC(=O)c3cnn4cccnc34)c(-c3cc(Cl)ccc3OC(F)F)n2)CC1. The highest BCUT2D eigenvalue weighted by Gasteiger charge is 2.25. The normalized spacial score (nSPS) is 14.2. The van der Waals surface area contributed by atoms with E-state index in [1.54, 1.807) is 17.2 Å². The van der Waals surface area contributed by atoms with Crippen LogP contribution >= 0.6 is 11.6 Å². The summed E-state index contributed by atoms with van der Waals surface area (Å²) in [6, 6.07) is 6.13. The maximum atomic E-state index is 13.2.